The van der Waals surface area contributed by atoms with E-state index in [2.05, 4.69) is 0 Å². The van der Waals surface area contributed by atoms with Gasteiger partial charge in [-0.15, -0.1) is 0 Å². The van der Waals surface area contributed by atoms with Crippen molar-refractivity contribution in [3.63, 3.8) is 0 Å². The topological polar surface area (TPSA) is 15.1 Å². The van der Waals surface area contributed by atoms with Crippen LogP contribution < -0.4 is 9.90 Å². The average Bonchev–Trinajstić information content (AvgIpc) is 2.21. The van der Waals surface area contributed by atoms with Crippen LogP contribution in [0, 0.1) is 0 Å². The van der Waals surface area contributed by atoms with Crippen LogP contribution in [0.4, 0.5) is 0 Å². The van der Waals surface area contributed by atoms with Gasteiger partial charge in [0.25, 0.3) is 0 Å². The van der Waals surface area contributed by atoms with Crippen molar-refractivity contribution >= 4 is 34.8 Å². The Morgan fingerprint density at radius 1 is 1.00 bits per heavy atom. The minimum Gasteiger partial charge on any atom is -0.259 e. The Morgan fingerprint density at radius 2 is 1.53 bits per heavy atom. The number of nitrogens with zero attached hydrogens (tertiary/aromatic N) is 1. The highest BCUT2D eigenvalue weighted by molar-refractivity contribution is 6.43. The molecule has 0 aromatic heterocycles. The molecule has 0 unspecified atom stereocenters. The third-order valence-corrected chi connectivity index (χ3v) is 2.93. The Kier molecular flexibility index (Phi) is 5.00. The second-order valence-corrected chi connectivity index (χ2v) is 4.12. The number of halogens is 3. The zero-order valence-electron chi connectivity index (χ0n) is 8.56. The first-order chi connectivity index (χ1) is 7.08. The number of rotatable bonds is 4. The lowest BCUT2D eigenvalue weighted by Crippen LogP contribution is -2.33. The monoisotopic (exact) mass is 267 g/mol. The van der Waals surface area contributed by atoms with E-state index in [-0.39, 0.29) is 0 Å². The van der Waals surface area contributed by atoms with E-state index in [9.17, 15) is 0 Å². The van der Waals surface area contributed by atoms with Crippen LogP contribution in [-0.4, -0.2) is 13.1 Å². The van der Waals surface area contributed by atoms with Crippen LogP contribution in [0.1, 0.15) is 13.8 Å². The van der Waals surface area contributed by atoms with E-state index in [1.807, 2.05) is 13.8 Å². The predicted octanol–water partition coefficient (Wildman–Crippen LogP) is 4.12. The first-order valence-electron chi connectivity index (χ1n) is 4.66. The molecule has 0 aliphatic carbocycles. The van der Waals surface area contributed by atoms with Gasteiger partial charge < -0.3 is 0 Å². The molecule has 0 amide bonds. The molecule has 1 aromatic rings. The largest absolute Gasteiger partial charge is 0.259 e. The summed E-state index contributed by atoms with van der Waals surface area (Å²) in [7, 11) is 0. The molecule has 1 rings (SSSR count). The minimum absolute atomic E-state index is 0.425. The Labute approximate surface area is 105 Å². The van der Waals surface area contributed by atoms with Crippen molar-refractivity contribution in [2.75, 3.05) is 13.1 Å². The van der Waals surface area contributed by atoms with Crippen molar-refractivity contribution in [1.82, 2.24) is 5.06 Å². The third kappa shape index (κ3) is 3.42. The zero-order valence-corrected chi connectivity index (χ0v) is 10.8. The quantitative estimate of drug-likeness (QED) is 0.455. The fourth-order valence-corrected chi connectivity index (χ4v) is 1.64. The fraction of sp³-hybridized carbons (Fsp3) is 0.400. The Bertz CT molecular complexity index is 340. The van der Waals surface area contributed by atoms with Crippen molar-refractivity contribution in [2.24, 2.45) is 0 Å². The van der Waals surface area contributed by atoms with E-state index in [1.165, 1.54) is 0 Å². The van der Waals surface area contributed by atoms with Gasteiger partial charge in [-0.3, -0.25) is 4.84 Å². The zero-order chi connectivity index (χ0) is 11.4. The maximum absolute atomic E-state index is 5.96. The van der Waals surface area contributed by atoms with Crippen LogP contribution in [0.3, 0.4) is 0 Å². The van der Waals surface area contributed by atoms with Crippen LogP contribution in [-0.2, 0) is 0 Å². The van der Waals surface area contributed by atoms with Crippen LogP contribution in [0.25, 0.3) is 0 Å². The SMILES string of the molecule is CC[N+](CC)Oc1cc(Cl)c(Cl)cc1Cl. The van der Waals surface area contributed by atoms with Crippen molar-refractivity contribution in [3.8, 4) is 5.75 Å². The Balaban J connectivity index is 2.89. The first kappa shape index (κ1) is 12.9. The summed E-state index contributed by atoms with van der Waals surface area (Å²) in [5.74, 6) is 0.523. The van der Waals surface area contributed by atoms with E-state index < -0.39 is 0 Å². The number of benzene rings is 1. The summed E-state index contributed by atoms with van der Waals surface area (Å²) >= 11 is 17.6. The Morgan fingerprint density at radius 3 is 2.07 bits per heavy atom. The molecule has 0 atom stereocenters. The summed E-state index contributed by atoms with van der Waals surface area (Å²) in [5.41, 5.74) is 0. The molecular weight excluding hydrogens is 256 g/mol. The van der Waals surface area contributed by atoms with Crippen molar-refractivity contribution < 1.29 is 4.84 Å². The summed E-state index contributed by atoms with van der Waals surface area (Å²) in [6.07, 6.45) is 0. The number of hydroxylamine groups is 2. The molecule has 0 saturated heterocycles. The van der Waals surface area contributed by atoms with Crippen LogP contribution in [0.15, 0.2) is 12.1 Å². The molecule has 5 heteroatoms. The molecule has 15 heavy (non-hydrogen) atoms. The number of hydrogen-bond acceptors (Lipinski definition) is 2. The highest BCUT2D eigenvalue weighted by Crippen LogP contribution is 2.33. The molecule has 0 fully saturated rings. The van der Waals surface area contributed by atoms with Gasteiger partial charge in [0.05, 0.1) is 15.1 Å². The van der Waals surface area contributed by atoms with E-state index in [0.717, 1.165) is 13.1 Å². The van der Waals surface area contributed by atoms with E-state index >= 15 is 0 Å². The molecule has 1 aromatic carbocycles. The summed E-state index contributed by atoms with van der Waals surface area (Å²) in [5, 5.41) is 3.08. The lowest BCUT2D eigenvalue weighted by atomic mass is 10.3. The predicted molar refractivity (Wildman–Crippen MR) is 65.3 cm³/mol. The molecule has 0 saturated carbocycles. The van der Waals surface area contributed by atoms with Gasteiger partial charge >= 0.3 is 0 Å². The van der Waals surface area contributed by atoms with Crippen molar-refractivity contribution in [3.05, 3.63) is 27.2 Å². The summed E-state index contributed by atoms with van der Waals surface area (Å²) in [4.78, 5) is 5.54. The van der Waals surface area contributed by atoms with Gasteiger partial charge in [-0.1, -0.05) is 34.8 Å². The molecule has 2 nitrogen and oxygen atoms in total. The van der Waals surface area contributed by atoms with Gasteiger partial charge in [0, 0.05) is 11.1 Å². The summed E-state index contributed by atoms with van der Waals surface area (Å²) in [6, 6.07) is 3.19. The minimum atomic E-state index is 0.425. The summed E-state index contributed by atoms with van der Waals surface area (Å²) < 4.78 is 0. The normalized spacial score (nSPS) is 10.8. The highest BCUT2D eigenvalue weighted by Gasteiger charge is 2.16. The van der Waals surface area contributed by atoms with Gasteiger partial charge in [0.15, 0.2) is 13.1 Å². The van der Waals surface area contributed by atoms with Gasteiger partial charge in [-0.2, -0.15) is 0 Å². The van der Waals surface area contributed by atoms with Crippen LogP contribution in [0.5, 0.6) is 5.75 Å². The van der Waals surface area contributed by atoms with Gasteiger partial charge in [-0.25, -0.2) is 0 Å². The first-order valence-corrected chi connectivity index (χ1v) is 5.79. The molecule has 0 N–H and O–H groups in total. The lowest BCUT2D eigenvalue weighted by molar-refractivity contribution is 0.0560. The van der Waals surface area contributed by atoms with E-state index in [0.29, 0.717) is 20.8 Å². The van der Waals surface area contributed by atoms with Gasteiger partial charge in [-0.05, 0) is 19.9 Å². The molecule has 0 bridgehead atoms. The number of hydrogen-bond donors (Lipinski definition) is 0. The van der Waals surface area contributed by atoms with Gasteiger partial charge in [0.1, 0.15) is 0 Å². The van der Waals surface area contributed by atoms with Crippen molar-refractivity contribution in [1.29, 1.82) is 0 Å². The average molecular weight is 269 g/mol. The molecular formula is C10H12Cl3NO+. The Hall–Kier alpha value is -0.150. The second-order valence-electron chi connectivity index (χ2n) is 2.90. The molecule has 83 valence electrons. The molecule has 0 heterocycles. The standard InChI is InChI=1S/C10H12Cl3NO/c1-3-14(4-2)15-10-6-8(12)7(11)5-9(10)13/h5-6H,3-4H2,1-2H3/q+1. The lowest BCUT2D eigenvalue weighted by Gasteiger charge is -2.08. The summed E-state index contributed by atoms with van der Waals surface area (Å²) in [6.45, 7) is 5.53. The maximum Gasteiger partial charge on any atom is 0.217 e. The second kappa shape index (κ2) is 5.80. The molecule has 0 aliphatic rings. The molecule has 0 aliphatic heterocycles. The van der Waals surface area contributed by atoms with Gasteiger partial charge in [0.2, 0.25) is 5.75 Å². The fourth-order valence-electron chi connectivity index (χ4n) is 1.07. The van der Waals surface area contributed by atoms with E-state index in [1.54, 1.807) is 17.2 Å². The maximum atomic E-state index is 5.96. The molecule has 1 radical (unpaired) electrons. The van der Waals surface area contributed by atoms with Crippen LogP contribution in [0.2, 0.25) is 15.1 Å². The highest BCUT2D eigenvalue weighted by atomic mass is 35.5. The smallest absolute Gasteiger partial charge is 0.217 e. The third-order valence-electron chi connectivity index (χ3n) is 1.91. The van der Waals surface area contributed by atoms with Crippen molar-refractivity contribution in [2.45, 2.75) is 13.8 Å². The molecule has 0 spiro atoms. The van der Waals surface area contributed by atoms with Crippen LogP contribution >= 0.6 is 34.8 Å². The van der Waals surface area contributed by atoms with E-state index in [4.69, 9.17) is 39.6 Å².